The molecular formula is C28H44N2O6Si2. The third-order valence-corrected chi connectivity index (χ3v) is 9.46. The molecule has 210 valence electrons. The van der Waals surface area contributed by atoms with Crippen LogP contribution in [0.4, 0.5) is 4.79 Å². The van der Waals surface area contributed by atoms with E-state index in [9.17, 15) is 19.5 Å². The predicted octanol–water partition coefficient (Wildman–Crippen LogP) is 5.21. The molecule has 0 saturated carbocycles. The van der Waals surface area contributed by atoms with Gasteiger partial charge >= 0.3 is 12.1 Å². The minimum absolute atomic E-state index is 0.0516. The van der Waals surface area contributed by atoms with Gasteiger partial charge in [0, 0.05) is 35.5 Å². The van der Waals surface area contributed by atoms with Gasteiger partial charge in [0.05, 0.1) is 13.2 Å². The van der Waals surface area contributed by atoms with Crippen molar-refractivity contribution < 1.29 is 29.0 Å². The lowest BCUT2D eigenvalue weighted by Gasteiger charge is -2.24. The SMILES string of the molecule is C[Si](C)(C)CCOC(=O)NN(CC[C@H](O)C(=O)OCC[Si](C)(C)C)C(=O)CCc1ccc2ccccc2c1. The number of aryl methyl sites for hydroxylation is 1. The maximum Gasteiger partial charge on any atom is 0.426 e. The lowest BCUT2D eigenvalue weighted by atomic mass is 10.0. The van der Waals surface area contributed by atoms with Crippen LogP contribution in [0.1, 0.15) is 18.4 Å². The van der Waals surface area contributed by atoms with Crippen LogP contribution >= 0.6 is 0 Å². The first kappa shape index (κ1) is 31.5. The monoisotopic (exact) mass is 560 g/mol. The molecule has 0 saturated heterocycles. The number of aliphatic hydroxyl groups excluding tert-OH is 1. The summed E-state index contributed by atoms with van der Waals surface area (Å²) in [6.45, 7) is 13.6. The second-order valence-corrected chi connectivity index (χ2v) is 23.3. The van der Waals surface area contributed by atoms with E-state index in [1.807, 2.05) is 42.5 Å². The zero-order valence-electron chi connectivity index (χ0n) is 23.7. The number of rotatable bonds is 13. The Balaban J connectivity index is 1.97. The number of carbonyl (C=O) groups is 3. The number of nitrogens with one attached hydrogen (secondary N) is 1. The van der Waals surface area contributed by atoms with Crippen molar-refractivity contribution in [2.75, 3.05) is 19.8 Å². The summed E-state index contributed by atoms with van der Waals surface area (Å²) in [6.07, 6.45) is -1.56. The molecule has 0 aliphatic carbocycles. The first-order chi connectivity index (χ1) is 17.7. The molecule has 0 heterocycles. The summed E-state index contributed by atoms with van der Waals surface area (Å²) in [5.74, 6) is -1.05. The van der Waals surface area contributed by atoms with Crippen molar-refractivity contribution in [2.45, 2.75) is 76.7 Å². The van der Waals surface area contributed by atoms with Gasteiger partial charge in [-0.05, 0) is 34.8 Å². The number of carbonyl (C=O) groups excluding carboxylic acids is 3. The standard InChI is InChI=1S/C28H44N2O6Si2/c1-37(2,3)19-17-35-27(33)25(31)15-16-30(29-28(34)36-18-20-38(4,5)6)26(32)14-12-22-11-13-23-9-7-8-10-24(23)21-22/h7-11,13,21,25,31H,12,14-20H2,1-6H3,(H,29,34)/t25-/m0/s1. The Morgan fingerprint density at radius 3 is 2.13 bits per heavy atom. The van der Waals surface area contributed by atoms with Crippen molar-refractivity contribution in [3.8, 4) is 0 Å². The molecule has 0 aromatic heterocycles. The zero-order chi connectivity index (χ0) is 28.3. The van der Waals surface area contributed by atoms with Gasteiger partial charge in [0.2, 0.25) is 5.91 Å². The number of nitrogens with zero attached hydrogens (tertiary/aromatic N) is 1. The van der Waals surface area contributed by atoms with Crippen molar-refractivity contribution in [2.24, 2.45) is 0 Å². The number of amides is 2. The molecule has 0 unspecified atom stereocenters. The van der Waals surface area contributed by atoms with Gasteiger partial charge in [-0.1, -0.05) is 81.7 Å². The van der Waals surface area contributed by atoms with E-state index in [-0.39, 0.29) is 38.5 Å². The predicted molar refractivity (Wildman–Crippen MR) is 156 cm³/mol. The maximum atomic E-state index is 13.1. The summed E-state index contributed by atoms with van der Waals surface area (Å²) < 4.78 is 10.5. The van der Waals surface area contributed by atoms with E-state index in [1.165, 1.54) is 0 Å². The number of fused-ring (bicyclic) bond motifs is 1. The Kier molecular flexibility index (Phi) is 12.0. The van der Waals surface area contributed by atoms with Crippen LogP contribution in [0.5, 0.6) is 0 Å². The van der Waals surface area contributed by atoms with Gasteiger partial charge in [0.25, 0.3) is 0 Å². The maximum absolute atomic E-state index is 13.1. The van der Waals surface area contributed by atoms with E-state index in [0.717, 1.165) is 33.4 Å². The highest BCUT2D eigenvalue weighted by atomic mass is 28.3. The zero-order valence-corrected chi connectivity index (χ0v) is 25.7. The number of ether oxygens (including phenoxy) is 2. The van der Waals surface area contributed by atoms with Crippen LogP contribution in [0.2, 0.25) is 51.4 Å². The molecule has 1 atom stereocenters. The molecule has 0 aliphatic heterocycles. The quantitative estimate of drug-likeness (QED) is 0.198. The molecule has 0 radical (unpaired) electrons. The molecule has 2 N–H and O–H groups in total. The van der Waals surface area contributed by atoms with Gasteiger partial charge in [-0.2, -0.15) is 0 Å². The Bertz CT molecular complexity index is 1080. The minimum atomic E-state index is -1.39. The number of hydrazine groups is 1. The molecule has 2 amide bonds. The Labute approximate surface area is 228 Å². The molecule has 0 fully saturated rings. The molecular weight excluding hydrogens is 516 g/mol. The van der Waals surface area contributed by atoms with Crippen molar-refractivity contribution in [1.29, 1.82) is 0 Å². The summed E-state index contributed by atoms with van der Waals surface area (Å²) in [7, 11) is -2.76. The second-order valence-electron chi connectivity index (χ2n) is 12.1. The van der Waals surface area contributed by atoms with Crippen LogP contribution < -0.4 is 5.43 Å². The highest BCUT2D eigenvalue weighted by Crippen LogP contribution is 2.17. The first-order valence-corrected chi connectivity index (χ1v) is 20.7. The van der Waals surface area contributed by atoms with Crippen LogP contribution in [0.25, 0.3) is 10.8 Å². The van der Waals surface area contributed by atoms with Crippen molar-refractivity contribution in [1.82, 2.24) is 10.4 Å². The van der Waals surface area contributed by atoms with E-state index in [0.29, 0.717) is 6.42 Å². The fourth-order valence-corrected chi connectivity index (χ4v) is 4.97. The number of aliphatic hydroxyl groups is 1. The van der Waals surface area contributed by atoms with E-state index < -0.39 is 34.3 Å². The molecule has 8 nitrogen and oxygen atoms in total. The second kappa shape index (κ2) is 14.5. The van der Waals surface area contributed by atoms with Crippen molar-refractivity contribution in [3.05, 3.63) is 48.0 Å². The van der Waals surface area contributed by atoms with Gasteiger partial charge < -0.3 is 14.6 Å². The summed E-state index contributed by atoms with van der Waals surface area (Å²) in [4.78, 5) is 37.7. The van der Waals surface area contributed by atoms with E-state index in [2.05, 4.69) is 44.7 Å². The van der Waals surface area contributed by atoms with Gasteiger partial charge in [-0.3, -0.25) is 9.80 Å². The normalized spacial score (nSPS) is 12.6. The van der Waals surface area contributed by atoms with Crippen LogP contribution in [0.15, 0.2) is 42.5 Å². The van der Waals surface area contributed by atoms with Crippen LogP contribution in [0.3, 0.4) is 0 Å². The van der Waals surface area contributed by atoms with Crippen LogP contribution in [0, 0.1) is 0 Å². The van der Waals surface area contributed by atoms with Gasteiger partial charge in [-0.15, -0.1) is 0 Å². The number of hydrogen-bond acceptors (Lipinski definition) is 6. The fraction of sp³-hybridized carbons (Fsp3) is 0.536. The highest BCUT2D eigenvalue weighted by Gasteiger charge is 2.23. The summed E-state index contributed by atoms with van der Waals surface area (Å²) >= 11 is 0. The molecule has 0 spiro atoms. The van der Waals surface area contributed by atoms with E-state index in [4.69, 9.17) is 9.47 Å². The van der Waals surface area contributed by atoms with Gasteiger partial charge in [0.1, 0.15) is 0 Å². The fourth-order valence-electron chi connectivity index (χ4n) is 3.54. The Hall–Kier alpha value is -2.70. The number of benzene rings is 2. The lowest BCUT2D eigenvalue weighted by molar-refractivity contribution is -0.154. The lowest BCUT2D eigenvalue weighted by Crippen LogP contribution is -2.48. The largest absolute Gasteiger partial charge is 0.464 e. The van der Waals surface area contributed by atoms with E-state index >= 15 is 0 Å². The topological polar surface area (TPSA) is 105 Å². The highest BCUT2D eigenvalue weighted by molar-refractivity contribution is 6.76. The summed E-state index contributed by atoms with van der Waals surface area (Å²) in [5.41, 5.74) is 3.51. The number of hydrogen-bond donors (Lipinski definition) is 2. The molecule has 10 heteroatoms. The average molecular weight is 561 g/mol. The smallest absolute Gasteiger partial charge is 0.426 e. The van der Waals surface area contributed by atoms with Gasteiger partial charge in [0.15, 0.2) is 6.10 Å². The Morgan fingerprint density at radius 1 is 0.895 bits per heavy atom. The van der Waals surface area contributed by atoms with Crippen molar-refractivity contribution >= 4 is 44.9 Å². The van der Waals surface area contributed by atoms with E-state index in [1.54, 1.807) is 0 Å². The third-order valence-electron chi connectivity index (χ3n) is 6.05. The molecule has 0 aliphatic rings. The third kappa shape index (κ3) is 12.2. The van der Waals surface area contributed by atoms with Crippen LogP contribution in [-0.2, 0) is 25.5 Å². The summed E-state index contributed by atoms with van der Waals surface area (Å²) in [6, 6.07) is 15.7. The molecule has 2 aromatic rings. The minimum Gasteiger partial charge on any atom is -0.464 e. The van der Waals surface area contributed by atoms with Gasteiger partial charge in [-0.25, -0.2) is 15.0 Å². The van der Waals surface area contributed by atoms with Crippen LogP contribution in [-0.4, -0.2) is 70.1 Å². The molecule has 2 aromatic carbocycles. The summed E-state index contributed by atoms with van der Waals surface area (Å²) in [5, 5.41) is 13.7. The molecule has 2 rings (SSSR count). The Morgan fingerprint density at radius 2 is 1.50 bits per heavy atom. The average Bonchev–Trinajstić information content (AvgIpc) is 2.83. The number of esters is 1. The molecule has 38 heavy (non-hydrogen) atoms. The molecule has 0 bridgehead atoms. The first-order valence-electron chi connectivity index (χ1n) is 13.3. The van der Waals surface area contributed by atoms with Crippen molar-refractivity contribution in [3.63, 3.8) is 0 Å².